The Morgan fingerprint density at radius 1 is 1.35 bits per heavy atom. The molecule has 0 aromatic heterocycles. The van der Waals surface area contributed by atoms with Gasteiger partial charge in [-0.15, -0.1) is 0 Å². The molecule has 0 bridgehead atoms. The van der Waals surface area contributed by atoms with E-state index in [-0.39, 0.29) is 11.9 Å². The fourth-order valence-corrected chi connectivity index (χ4v) is 3.54. The minimum atomic E-state index is -0.0901. The Morgan fingerprint density at radius 2 is 2.10 bits per heavy atom. The van der Waals surface area contributed by atoms with Gasteiger partial charge in [-0.1, -0.05) is 38.5 Å². The molecule has 0 aliphatic carbocycles. The van der Waals surface area contributed by atoms with Crippen LogP contribution in [-0.4, -0.2) is 24.0 Å². The zero-order valence-electron chi connectivity index (χ0n) is 12.7. The number of likely N-dealkylation sites (tertiary alicyclic amines) is 1. The quantitative estimate of drug-likeness (QED) is 0.889. The number of rotatable bonds is 5. The second-order valence-corrected chi connectivity index (χ2v) is 5.87. The first-order valence-corrected chi connectivity index (χ1v) is 7.91. The summed E-state index contributed by atoms with van der Waals surface area (Å²) in [5.74, 6) is 0.686. The predicted molar refractivity (Wildman–Crippen MR) is 82.0 cm³/mol. The van der Waals surface area contributed by atoms with Crippen LogP contribution in [0.1, 0.15) is 51.1 Å². The molecular formula is C17H27FN2. The largest absolute Gasteiger partial charge is 0.329 e. The summed E-state index contributed by atoms with van der Waals surface area (Å²) in [6.45, 7) is 6.09. The van der Waals surface area contributed by atoms with Crippen molar-refractivity contribution < 1.29 is 4.39 Å². The first-order valence-electron chi connectivity index (χ1n) is 7.91. The molecule has 2 nitrogen and oxygen atoms in total. The van der Waals surface area contributed by atoms with Gasteiger partial charge in [-0.3, -0.25) is 4.90 Å². The van der Waals surface area contributed by atoms with Gasteiger partial charge in [0.15, 0.2) is 0 Å². The van der Waals surface area contributed by atoms with Crippen LogP contribution in [0.4, 0.5) is 4.39 Å². The van der Waals surface area contributed by atoms with Crippen LogP contribution in [0.3, 0.4) is 0 Å². The van der Waals surface area contributed by atoms with Crippen molar-refractivity contribution in [2.24, 2.45) is 11.7 Å². The lowest BCUT2D eigenvalue weighted by Crippen LogP contribution is -2.48. The molecule has 1 heterocycles. The Kier molecular flexibility index (Phi) is 5.55. The predicted octanol–water partition coefficient (Wildman–Crippen LogP) is 3.73. The third-order valence-electron chi connectivity index (χ3n) is 4.77. The van der Waals surface area contributed by atoms with E-state index in [9.17, 15) is 4.39 Å². The smallest absolute Gasteiger partial charge is 0.127 e. The van der Waals surface area contributed by atoms with Gasteiger partial charge in [0.05, 0.1) is 0 Å². The van der Waals surface area contributed by atoms with Gasteiger partial charge in [-0.25, -0.2) is 4.39 Å². The first kappa shape index (κ1) is 15.5. The topological polar surface area (TPSA) is 29.3 Å². The van der Waals surface area contributed by atoms with Crippen LogP contribution in [-0.2, 0) is 0 Å². The fraction of sp³-hybridized carbons (Fsp3) is 0.647. The van der Waals surface area contributed by atoms with Crippen molar-refractivity contribution in [3.63, 3.8) is 0 Å². The number of piperidine rings is 1. The molecule has 1 aliphatic rings. The molecule has 1 aromatic carbocycles. The highest BCUT2D eigenvalue weighted by atomic mass is 19.1. The van der Waals surface area contributed by atoms with Gasteiger partial charge >= 0.3 is 0 Å². The molecule has 112 valence electrons. The molecule has 20 heavy (non-hydrogen) atoms. The van der Waals surface area contributed by atoms with E-state index in [1.54, 1.807) is 12.1 Å². The van der Waals surface area contributed by atoms with Gasteiger partial charge in [0.1, 0.15) is 5.82 Å². The van der Waals surface area contributed by atoms with Crippen LogP contribution in [0.5, 0.6) is 0 Å². The van der Waals surface area contributed by atoms with Crippen LogP contribution in [0, 0.1) is 11.7 Å². The second kappa shape index (κ2) is 7.19. The Hall–Kier alpha value is -0.930. The second-order valence-electron chi connectivity index (χ2n) is 5.87. The van der Waals surface area contributed by atoms with Gasteiger partial charge in [0.2, 0.25) is 0 Å². The molecule has 3 heteroatoms. The van der Waals surface area contributed by atoms with E-state index in [1.807, 2.05) is 12.1 Å². The van der Waals surface area contributed by atoms with E-state index >= 15 is 0 Å². The summed E-state index contributed by atoms with van der Waals surface area (Å²) in [6.07, 6.45) is 4.50. The minimum Gasteiger partial charge on any atom is -0.329 e. The standard InChI is InChI=1S/C17H27FN2/c1-3-13-9-10-20(14(11-13)12-19)17(4-2)15-7-5-6-8-16(15)18/h5-8,13-14,17H,3-4,9-12,19H2,1-2H3. The summed E-state index contributed by atoms with van der Waals surface area (Å²) in [5.41, 5.74) is 6.81. The van der Waals surface area contributed by atoms with Gasteiger partial charge in [-0.2, -0.15) is 0 Å². The Labute approximate surface area is 122 Å². The number of benzene rings is 1. The molecule has 1 saturated heterocycles. The lowest BCUT2D eigenvalue weighted by molar-refractivity contribution is 0.0661. The average molecular weight is 278 g/mol. The van der Waals surface area contributed by atoms with Gasteiger partial charge in [0, 0.05) is 24.2 Å². The maximum absolute atomic E-state index is 14.1. The van der Waals surface area contributed by atoms with Crippen LogP contribution >= 0.6 is 0 Å². The van der Waals surface area contributed by atoms with Crippen LogP contribution < -0.4 is 5.73 Å². The molecule has 2 rings (SSSR count). The Morgan fingerprint density at radius 3 is 2.70 bits per heavy atom. The van der Waals surface area contributed by atoms with Gasteiger partial charge < -0.3 is 5.73 Å². The molecule has 3 unspecified atom stereocenters. The number of nitrogens with zero attached hydrogens (tertiary/aromatic N) is 1. The molecular weight excluding hydrogens is 251 g/mol. The van der Waals surface area contributed by atoms with E-state index in [1.165, 1.54) is 12.8 Å². The third kappa shape index (κ3) is 3.21. The first-order chi connectivity index (χ1) is 9.71. The van der Waals surface area contributed by atoms with Crippen LogP contribution in [0.25, 0.3) is 0 Å². The molecule has 1 aliphatic heterocycles. The van der Waals surface area contributed by atoms with Crippen molar-refractivity contribution in [3.8, 4) is 0 Å². The van der Waals surface area contributed by atoms with Crippen molar-refractivity contribution >= 4 is 0 Å². The molecule has 0 amide bonds. The van der Waals surface area contributed by atoms with E-state index in [0.29, 0.717) is 12.6 Å². The third-order valence-corrected chi connectivity index (χ3v) is 4.77. The normalized spacial score (nSPS) is 25.6. The molecule has 2 N–H and O–H groups in total. The fourth-order valence-electron chi connectivity index (χ4n) is 3.54. The zero-order valence-corrected chi connectivity index (χ0v) is 12.7. The maximum Gasteiger partial charge on any atom is 0.127 e. The molecule has 0 saturated carbocycles. The SMILES string of the molecule is CCC1CCN(C(CC)c2ccccc2F)C(CN)C1. The van der Waals surface area contributed by atoms with Gasteiger partial charge in [0.25, 0.3) is 0 Å². The molecule has 1 fully saturated rings. The van der Waals surface area contributed by atoms with E-state index < -0.39 is 0 Å². The van der Waals surface area contributed by atoms with Crippen molar-refractivity contribution in [1.29, 1.82) is 0 Å². The highest BCUT2D eigenvalue weighted by molar-refractivity contribution is 5.21. The van der Waals surface area contributed by atoms with Crippen molar-refractivity contribution in [2.45, 2.75) is 51.6 Å². The van der Waals surface area contributed by atoms with Crippen LogP contribution in [0.15, 0.2) is 24.3 Å². The summed E-state index contributed by atoms with van der Waals surface area (Å²) in [7, 11) is 0. The lowest BCUT2D eigenvalue weighted by atomic mass is 9.86. The highest BCUT2D eigenvalue weighted by Crippen LogP contribution is 2.34. The van der Waals surface area contributed by atoms with E-state index in [0.717, 1.165) is 30.9 Å². The summed E-state index contributed by atoms with van der Waals surface area (Å²) in [6, 6.07) is 7.71. The van der Waals surface area contributed by atoms with Crippen molar-refractivity contribution in [3.05, 3.63) is 35.6 Å². The monoisotopic (exact) mass is 278 g/mol. The molecule has 3 atom stereocenters. The minimum absolute atomic E-state index is 0.0901. The molecule has 1 aromatic rings. The Balaban J connectivity index is 2.20. The molecule has 0 radical (unpaired) electrons. The summed E-state index contributed by atoms with van der Waals surface area (Å²) >= 11 is 0. The number of hydrogen-bond donors (Lipinski definition) is 1. The maximum atomic E-state index is 14.1. The highest BCUT2D eigenvalue weighted by Gasteiger charge is 2.32. The van der Waals surface area contributed by atoms with Gasteiger partial charge in [-0.05, 0) is 37.8 Å². The molecule has 0 spiro atoms. The van der Waals surface area contributed by atoms with E-state index in [2.05, 4.69) is 18.7 Å². The zero-order chi connectivity index (χ0) is 14.5. The van der Waals surface area contributed by atoms with Crippen molar-refractivity contribution in [2.75, 3.05) is 13.1 Å². The van der Waals surface area contributed by atoms with Crippen LogP contribution in [0.2, 0.25) is 0 Å². The summed E-state index contributed by atoms with van der Waals surface area (Å²) < 4.78 is 14.1. The average Bonchev–Trinajstić information content (AvgIpc) is 2.50. The van der Waals surface area contributed by atoms with Crippen molar-refractivity contribution in [1.82, 2.24) is 4.90 Å². The summed E-state index contributed by atoms with van der Waals surface area (Å²) in [4.78, 5) is 2.44. The lowest BCUT2D eigenvalue weighted by Gasteiger charge is -2.43. The Bertz CT molecular complexity index is 421. The van der Waals surface area contributed by atoms with E-state index in [4.69, 9.17) is 5.73 Å². The number of halogens is 1. The number of hydrogen-bond acceptors (Lipinski definition) is 2. The number of nitrogens with two attached hydrogens (primary N) is 1. The summed E-state index contributed by atoms with van der Waals surface area (Å²) in [5, 5.41) is 0.